The standard InChI is InChI=1S/C21H19F3N4O4S/c22-21(23,24)15-8-6-14(7-9-15)11-27-20(33(31,32)16-3-2-10-25-12-16)17-4-1-5-18(28-17)26-13-19(29)30/h1-10,12,20,27H,11,13H2,(H,26,28)(H,29,30). The second kappa shape index (κ2) is 9.96. The minimum Gasteiger partial charge on any atom is -0.480 e. The van der Waals surface area contributed by atoms with Crippen LogP contribution in [0.15, 0.2) is 71.9 Å². The maximum atomic E-state index is 13.3. The van der Waals surface area contributed by atoms with Crippen molar-refractivity contribution in [2.45, 2.75) is 23.0 Å². The van der Waals surface area contributed by atoms with Gasteiger partial charge in [0.2, 0.25) is 9.84 Å². The third-order valence-corrected chi connectivity index (χ3v) is 6.43. The highest BCUT2D eigenvalue weighted by atomic mass is 32.2. The van der Waals surface area contributed by atoms with Crippen molar-refractivity contribution in [2.24, 2.45) is 0 Å². The van der Waals surface area contributed by atoms with Gasteiger partial charge in [-0.15, -0.1) is 0 Å². The average Bonchev–Trinajstić information content (AvgIpc) is 2.78. The third kappa shape index (κ3) is 6.26. The molecule has 0 aliphatic carbocycles. The summed E-state index contributed by atoms with van der Waals surface area (Å²) in [5, 5.41) is 12.9. The quantitative estimate of drug-likeness (QED) is 0.427. The lowest BCUT2D eigenvalue weighted by Gasteiger charge is -2.20. The topological polar surface area (TPSA) is 121 Å². The zero-order valence-corrected chi connectivity index (χ0v) is 17.8. The van der Waals surface area contributed by atoms with E-state index >= 15 is 0 Å². The molecule has 0 bridgehead atoms. The van der Waals surface area contributed by atoms with E-state index in [4.69, 9.17) is 5.11 Å². The van der Waals surface area contributed by atoms with Crippen LogP contribution in [0.4, 0.5) is 19.0 Å². The number of carbonyl (C=O) groups is 1. The van der Waals surface area contributed by atoms with Gasteiger partial charge in [-0.3, -0.25) is 15.1 Å². The largest absolute Gasteiger partial charge is 0.480 e. The molecular formula is C21H19F3N4O4S. The first-order chi connectivity index (χ1) is 15.6. The van der Waals surface area contributed by atoms with E-state index in [1.54, 1.807) is 0 Å². The lowest BCUT2D eigenvalue weighted by atomic mass is 10.1. The molecule has 0 saturated carbocycles. The number of nitrogens with one attached hydrogen (secondary N) is 2. The maximum Gasteiger partial charge on any atom is 0.416 e. The number of sulfone groups is 1. The zero-order chi connectivity index (χ0) is 24.1. The number of hydrogen-bond donors (Lipinski definition) is 3. The Kier molecular flexibility index (Phi) is 7.29. The van der Waals surface area contributed by atoms with Crippen LogP contribution < -0.4 is 10.6 Å². The SMILES string of the molecule is O=C(O)CNc1cccc(C(NCc2ccc(C(F)(F)F)cc2)S(=O)(=O)c2cccnc2)n1. The van der Waals surface area contributed by atoms with Crippen molar-refractivity contribution in [3.63, 3.8) is 0 Å². The molecule has 0 spiro atoms. The summed E-state index contributed by atoms with van der Waals surface area (Å²) in [6, 6.07) is 11.6. The Morgan fingerprint density at radius 1 is 1.06 bits per heavy atom. The van der Waals surface area contributed by atoms with Gasteiger partial charge in [-0.1, -0.05) is 18.2 Å². The Morgan fingerprint density at radius 2 is 1.79 bits per heavy atom. The second-order valence-corrected chi connectivity index (χ2v) is 8.92. The van der Waals surface area contributed by atoms with Crippen molar-refractivity contribution in [3.05, 3.63) is 83.8 Å². The summed E-state index contributed by atoms with van der Waals surface area (Å²) in [7, 11) is -4.06. The first-order valence-electron chi connectivity index (χ1n) is 9.53. The van der Waals surface area contributed by atoms with Gasteiger partial charge >= 0.3 is 12.1 Å². The fourth-order valence-corrected chi connectivity index (χ4v) is 4.41. The van der Waals surface area contributed by atoms with Crippen molar-refractivity contribution in [3.8, 4) is 0 Å². The Balaban J connectivity index is 1.91. The first-order valence-corrected chi connectivity index (χ1v) is 11.1. The van der Waals surface area contributed by atoms with Crippen LogP contribution in [0.5, 0.6) is 0 Å². The molecule has 174 valence electrons. The predicted octanol–water partition coefficient (Wildman–Crippen LogP) is 3.25. The highest BCUT2D eigenvalue weighted by Crippen LogP contribution is 2.30. The van der Waals surface area contributed by atoms with Gasteiger partial charge < -0.3 is 10.4 Å². The minimum absolute atomic E-state index is 0.0705. The molecule has 12 heteroatoms. The number of carboxylic acid groups (broad SMARTS) is 1. The lowest BCUT2D eigenvalue weighted by Crippen LogP contribution is -2.30. The first kappa shape index (κ1) is 24.1. The van der Waals surface area contributed by atoms with Crippen molar-refractivity contribution in [1.82, 2.24) is 15.3 Å². The summed E-state index contributed by atoms with van der Waals surface area (Å²) < 4.78 is 65.0. The molecule has 2 aromatic heterocycles. The molecule has 3 aromatic rings. The summed E-state index contributed by atoms with van der Waals surface area (Å²) in [6.45, 7) is -0.494. The van der Waals surface area contributed by atoms with E-state index in [2.05, 4.69) is 20.6 Å². The number of hydrogen-bond acceptors (Lipinski definition) is 7. The van der Waals surface area contributed by atoms with Crippen LogP contribution in [0.1, 0.15) is 22.2 Å². The van der Waals surface area contributed by atoms with Crippen molar-refractivity contribution < 1.29 is 31.5 Å². The van der Waals surface area contributed by atoms with E-state index in [1.807, 2.05) is 0 Å². The molecular weight excluding hydrogens is 461 g/mol. The van der Waals surface area contributed by atoms with Gasteiger partial charge in [-0.2, -0.15) is 13.2 Å². The molecule has 2 heterocycles. The molecule has 1 aromatic carbocycles. The summed E-state index contributed by atoms with van der Waals surface area (Å²) in [5.41, 5.74) is -0.319. The van der Waals surface area contributed by atoms with Crippen molar-refractivity contribution >= 4 is 21.6 Å². The number of aliphatic carboxylic acids is 1. The number of rotatable bonds is 9. The number of nitrogens with zero attached hydrogens (tertiary/aromatic N) is 2. The van der Waals surface area contributed by atoms with Crippen LogP contribution in [0.2, 0.25) is 0 Å². The number of carboxylic acids is 1. The second-order valence-electron chi connectivity index (χ2n) is 6.88. The monoisotopic (exact) mass is 480 g/mol. The Hall–Kier alpha value is -3.51. The maximum absolute atomic E-state index is 13.3. The molecule has 0 saturated heterocycles. The van der Waals surface area contributed by atoms with E-state index in [0.29, 0.717) is 5.56 Å². The van der Waals surface area contributed by atoms with Crippen LogP contribution in [0.3, 0.4) is 0 Å². The number of benzene rings is 1. The van der Waals surface area contributed by atoms with Gasteiger partial charge in [0.25, 0.3) is 0 Å². The molecule has 0 aliphatic heterocycles. The molecule has 0 fully saturated rings. The van der Waals surface area contributed by atoms with Crippen LogP contribution in [0.25, 0.3) is 0 Å². The molecule has 0 aliphatic rings. The smallest absolute Gasteiger partial charge is 0.416 e. The molecule has 3 N–H and O–H groups in total. The van der Waals surface area contributed by atoms with Gasteiger partial charge in [0, 0.05) is 18.9 Å². The molecule has 8 nitrogen and oxygen atoms in total. The van der Waals surface area contributed by atoms with Gasteiger partial charge in [0.1, 0.15) is 12.4 Å². The van der Waals surface area contributed by atoms with E-state index in [1.165, 1.54) is 54.9 Å². The van der Waals surface area contributed by atoms with Gasteiger partial charge in [-0.05, 0) is 42.0 Å². The van der Waals surface area contributed by atoms with Crippen molar-refractivity contribution in [1.29, 1.82) is 0 Å². The molecule has 1 unspecified atom stereocenters. The van der Waals surface area contributed by atoms with Gasteiger partial charge in [0.05, 0.1) is 16.2 Å². The van der Waals surface area contributed by atoms with E-state index in [0.717, 1.165) is 12.1 Å². The summed E-state index contributed by atoms with van der Waals surface area (Å²) >= 11 is 0. The van der Waals surface area contributed by atoms with Gasteiger partial charge in [0.15, 0.2) is 5.37 Å². The predicted molar refractivity (Wildman–Crippen MR) is 113 cm³/mol. The van der Waals surface area contributed by atoms with Crippen LogP contribution in [0, 0.1) is 0 Å². The minimum atomic E-state index is -4.48. The fourth-order valence-electron chi connectivity index (χ4n) is 2.91. The Morgan fingerprint density at radius 3 is 2.39 bits per heavy atom. The summed E-state index contributed by atoms with van der Waals surface area (Å²) in [5.74, 6) is -0.972. The fraction of sp³-hybridized carbons (Fsp3) is 0.190. The zero-order valence-electron chi connectivity index (χ0n) is 17.0. The summed E-state index contributed by atoms with van der Waals surface area (Å²) in [6.07, 6.45) is -1.89. The Bertz CT molecular complexity index is 1200. The van der Waals surface area contributed by atoms with Crippen molar-refractivity contribution in [2.75, 3.05) is 11.9 Å². The molecule has 0 amide bonds. The number of aromatic nitrogens is 2. The molecule has 1 atom stereocenters. The average molecular weight is 480 g/mol. The van der Waals surface area contributed by atoms with E-state index in [-0.39, 0.29) is 23.0 Å². The van der Waals surface area contributed by atoms with Gasteiger partial charge in [-0.25, -0.2) is 13.4 Å². The van der Waals surface area contributed by atoms with Crippen LogP contribution in [-0.2, 0) is 27.4 Å². The third-order valence-electron chi connectivity index (χ3n) is 4.51. The molecule has 0 radical (unpaired) electrons. The van der Waals surface area contributed by atoms with E-state index in [9.17, 15) is 26.4 Å². The number of anilines is 1. The van der Waals surface area contributed by atoms with Crippen LogP contribution in [-0.4, -0.2) is 36.0 Å². The number of alkyl halides is 3. The molecule has 3 rings (SSSR count). The Labute approximate surface area is 187 Å². The molecule has 33 heavy (non-hydrogen) atoms. The van der Waals surface area contributed by atoms with E-state index < -0.39 is 39.5 Å². The lowest BCUT2D eigenvalue weighted by molar-refractivity contribution is -0.137. The normalized spacial score (nSPS) is 12.8. The van der Waals surface area contributed by atoms with Crippen LogP contribution >= 0.6 is 0 Å². The highest BCUT2D eigenvalue weighted by molar-refractivity contribution is 7.91. The summed E-state index contributed by atoms with van der Waals surface area (Å²) in [4.78, 5) is 18.8. The highest BCUT2D eigenvalue weighted by Gasteiger charge is 2.32. The number of pyridine rings is 2. The number of halogens is 3.